The molecule has 60 valence electrons. The zero-order valence-corrected chi connectivity index (χ0v) is 10.8. The Hall–Kier alpha value is 0.103. The van der Waals surface area contributed by atoms with Crippen LogP contribution in [0.1, 0.15) is 26.7 Å². The van der Waals surface area contributed by atoms with Crippen molar-refractivity contribution >= 4 is 0 Å². The summed E-state index contributed by atoms with van der Waals surface area (Å²) in [5.74, 6) is 0. The Balaban J connectivity index is -0.000000114. The summed E-state index contributed by atoms with van der Waals surface area (Å²) in [6, 6.07) is 0. The predicted octanol–water partition coefficient (Wildman–Crippen LogP) is 3.57. The van der Waals surface area contributed by atoms with Gasteiger partial charge in [-0.15, -0.1) is 0 Å². The summed E-state index contributed by atoms with van der Waals surface area (Å²) in [5, 5.41) is 0. The molecule has 0 spiro atoms. The molecule has 11 heavy (non-hydrogen) atoms. The summed E-state index contributed by atoms with van der Waals surface area (Å²) in [5.41, 5.74) is 0. The van der Waals surface area contributed by atoms with Crippen LogP contribution in [0.25, 0.3) is 0 Å². The fourth-order valence-electron chi connectivity index (χ4n) is 0.542. The first-order valence-corrected chi connectivity index (χ1v) is 3.71. The minimum Gasteiger partial charge on any atom is -0.346 e. The van der Waals surface area contributed by atoms with E-state index >= 15 is 0 Å². The molecule has 0 radical (unpaired) electrons. The van der Waals surface area contributed by atoms with E-state index in [1.54, 1.807) is 13.8 Å². The van der Waals surface area contributed by atoms with Crippen molar-refractivity contribution in [3.05, 3.63) is 38.2 Å². The Bertz CT molecular complexity index is 62.9. The van der Waals surface area contributed by atoms with Crippen LogP contribution in [0.15, 0.2) is 24.3 Å². The first kappa shape index (κ1) is 17.3. The van der Waals surface area contributed by atoms with Crippen LogP contribution in [0.5, 0.6) is 0 Å². The molecule has 1 rings (SSSR count). The SMILES string of the molecule is C1=CCC=CC1.[CH2-]C.[CH2-]C.[Zn+2]. The third-order valence-electron chi connectivity index (χ3n) is 0.878. The zero-order chi connectivity index (χ0) is 8.24. The van der Waals surface area contributed by atoms with Gasteiger partial charge in [-0.05, 0) is 12.8 Å². The first-order chi connectivity index (χ1) is 5.00. The van der Waals surface area contributed by atoms with E-state index in [0.29, 0.717) is 0 Å². The smallest absolute Gasteiger partial charge is 0.346 e. The maximum Gasteiger partial charge on any atom is 2.00 e. The Morgan fingerprint density at radius 1 is 0.727 bits per heavy atom. The summed E-state index contributed by atoms with van der Waals surface area (Å²) < 4.78 is 0. The van der Waals surface area contributed by atoms with E-state index in [-0.39, 0.29) is 19.5 Å². The molecule has 0 aromatic heterocycles. The van der Waals surface area contributed by atoms with Crippen molar-refractivity contribution in [2.45, 2.75) is 26.7 Å². The number of allylic oxidation sites excluding steroid dienone is 4. The van der Waals surface area contributed by atoms with Crippen LogP contribution in [-0.4, -0.2) is 0 Å². The zero-order valence-electron chi connectivity index (χ0n) is 7.84. The van der Waals surface area contributed by atoms with Gasteiger partial charge in [0.05, 0.1) is 0 Å². The van der Waals surface area contributed by atoms with Crippen LogP contribution < -0.4 is 0 Å². The molecule has 0 saturated carbocycles. The number of hydrogen-bond acceptors (Lipinski definition) is 0. The fraction of sp³-hybridized carbons (Fsp3) is 0.400. The van der Waals surface area contributed by atoms with Gasteiger partial charge in [-0.25, -0.2) is 0 Å². The second-order valence-corrected chi connectivity index (χ2v) is 1.41. The fourth-order valence-corrected chi connectivity index (χ4v) is 0.542. The van der Waals surface area contributed by atoms with Crippen molar-refractivity contribution < 1.29 is 19.5 Å². The van der Waals surface area contributed by atoms with E-state index in [1.165, 1.54) is 0 Å². The molecule has 1 aliphatic carbocycles. The summed E-state index contributed by atoms with van der Waals surface area (Å²) in [6.45, 7) is 10.0. The molecular formula is C10H18Zn. The van der Waals surface area contributed by atoms with Crippen LogP contribution in [0, 0.1) is 13.8 Å². The second kappa shape index (κ2) is 22.5. The molecule has 0 fully saturated rings. The normalized spacial score (nSPS) is 11.3. The molecule has 0 bridgehead atoms. The van der Waals surface area contributed by atoms with Gasteiger partial charge >= 0.3 is 19.5 Å². The van der Waals surface area contributed by atoms with Crippen LogP contribution in [0.4, 0.5) is 0 Å². The van der Waals surface area contributed by atoms with Gasteiger partial charge in [0, 0.05) is 0 Å². The van der Waals surface area contributed by atoms with Crippen molar-refractivity contribution in [3.63, 3.8) is 0 Å². The largest absolute Gasteiger partial charge is 2.00 e. The molecule has 0 saturated heterocycles. The molecule has 0 unspecified atom stereocenters. The van der Waals surface area contributed by atoms with Crippen LogP contribution in [0.3, 0.4) is 0 Å². The van der Waals surface area contributed by atoms with Crippen molar-refractivity contribution in [1.29, 1.82) is 0 Å². The van der Waals surface area contributed by atoms with Gasteiger partial charge in [-0.2, -0.15) is 13.8 Å². The third-order valence-corrected chi connectivity index (χ3v) is 0.878. The summed E-state index contributed by atoms with van der Waals surface area (Å²) >= 11 is 0. The molecule has 1 heteroatoms. The minimum atomic E-state index is 0. The molecule has 0 aromatic rings. The molecule has 0 nitrogen and oxygen atoms in total. The molecular weight excluding hydrogens is 185 g/mol. The quantitative estimate of drug-likeness (QED) is 0.321. The Kier molecular flexibility index (Phi) is 35.3. The van der Waals surface area contributed by atoms with Crippen LogP contribution in [0.2, 0.25) is 0 Å². The van der Waals surface area contributed by atoms with Gasteiger partial charge in [0.25, 0.3) is 0 Å². The van der Waals surface area contributed by atoms with E-state index in [4.69, 9.17) is 0 Å². The first-order valence-electron chi connectivity index (χ1n) is 3.71. The summed E-state index contributed by atoms with van der Waals surface area (Å²) in [7, 11) is 0. The molecule has 1 aliphatic rings. The van der Waals surface area contributed by atoms with Crippen molar-refractivity contribution in [3.8, 4) is 0 Å². The topological polar surface area (TPSA) is 0 Å². The van der Waals surface area contributed by atoms with Gasteiger partial charge in [0.2, 0.25) is 0 Å². The Morgan fingerprint density at radius 3 is 1.00 bits per heavy atom. The van der Waals surface area contributed by atoms with Crippen molar-refractivity contribution in [1.82, 2.24) is 0 Å². The van der Waals surface area contributed by atoms with Gasteiger partial charge in [-0.1, -0.05) is 24.3 Å². The average molecular weight is 204 g/mol. The van der Waals surface area contributed by atoms with Gasteiger partial charge in [0.15, 0.2) is 0 Å². The minimum absolute atomic E-state index is 0. The monoisotopic (exact) mass is 202 g/mol. The van der Waals surface area contributed by atoms with Crippen LogP contribution in [-0.2, 0) is 19.5 Å². The van der Waals surface area contributed by atoms with Gasteiger partial charge in [-0.3, -0.25) is 0 Å². The van der Waals surface area contributed by atoms with Gasteiger partial charge < -0.3 is 13.8 Å². The van der Waals surface area contributed by atoms with E-state index in [9.17, 15) is 0 Å². The molecule has 0 aromatic carbocycles. The van der Waals surface area contributed by atoms with Crippen LogP contribution >= 0.6 is 0 Å². The third kappa shape index (κ3) is 17.8. The summed E-state index contributed by atoms with van der Waals surface area (Å²) in [4.78, 5) is 0. The number of rotatable bonds is 0. The molecule has 0 aliphatic heterocycles. The molecule has 0 N–H and O–H groups in total. The second-order valence-electron chi connectivity index (χ2n) is 1.41. The molecule has 0 amide bonds. The number of hydrogen-bond donors (Lipinski definition) is 0. The molecule has 0 atom stereocenters. The Morgan fingerprint density at radius 2 is 0.909 bits per heavy atom. The van der Waals surface area contributed by atoms with E-state index in [1.807, 2.05) is 0 Å². The maximum absolute atomic E-state index is 3.25. The Labute approximate surface area is 84.5 Å². The molecule has 0 heterocycles. The van der Waals surface area contributed by atoms with Gasteiger partial charge in [0.1, 0.15) is 0 Å². The van der Waals surface area contributed by atoms with E-state index < -0.39 is 0 Å². The van der Waals surface area contributed by atoms with E-state index in [2.05, 4.69) is 38.2 Å². The summed E-state index contributed by atoms with van der Waals surface area (Å²) in [6.07, 6.45) is 11.0. The average Bonchev–Trinajstić information content (AvgIpc) is 2.14. The standard InChI is InChI=1S/C6H8.2C2H5.Zn/c1-2-4-6-5-3-1;2*1-2;/h1-2,5-6H,3-4H2;2*1H2,2H3;/q;2*-1;+2. The predicted molar refractivity (Wildman–Crippen MR) is 49.6 cm³/mol. The van der Waals surface area contributed by atoms with E-state index in [0.717, 1.165) is 12.8 Å². The van der Waals surface area contributed by atoms with Crippen molar-refractivity contribution in [2.24, 2.45) is 0 Å². The van der Waals surface area contributed by atoms with Crippen molar-refractivity contribution in [2.75, 3.05) is 0 Å². The maximum atomic E-state index is 3.25.